The molecule has 7 heteroatoms. The molecule has 0 spiro atoms. The molecular formula is C23H27N5O2. The first kappa shape index (κ1) is 20.1. The van der Waals surface area contributed by atoms with Gasteiger partial charge in [0, 0.05) is 32.7 Å². The minimum Gasteiger partial charge on any atom is -0.470 e. The molecule has 1 aromatic heterocycles. The van der Waals surface area contributed by atoms with Gasteiger partial charge in [-0.25, -0.2) is 4.98 Å². The maximum Gasteiger partial charge on any atom is 0.263 e. The molecule has 156 valence electrons. The molecule has 4 rings (SSSR count). The number of nitrogens with zero attached hydrogens (tertiary/aromatic N) is 4. The summed E-state index contributed by atoms with van der Waals surface area (Å²) in [5, 5.41) is 0. The van der Waals surface area contributed by atoms with Gasteiger partial charge in [-0.05, 0) is 30.3 Å². The third-order valence-corrected chi connectivity index (χ3v) is 5.10. The van der Waals surface area contributed by atoms with Crippen LogP contribution in [0.3, 0.4) is 0 Å². The molecule has 0 saturated carbocycles. The van der Waals surface area contributed by atoms with Crippen LogP contribution in [0.25, 0.3) is 0 Å². The van der Waals surface area contributed by atoms with Crippen LogP contribution in [0, 0.1) is 0 Å². The Morgan fingerprint density at radius 1 is 0.933 bits per heavy atom. The van der Waals surface area contributed by atoms with Crippen molar-refractivity contribution < 1.29 is 9.47 Å². The lowest BCUT2D eigenvalue weighted by atomic mass is 10.2. The number of hydrogen-bond acceptors (Lipinski definition) is 7. The van der Waals surface area contributed by atoms with Gasteiger partial charge in [0.15, 0.2) is 0 Å². The van der Waals surface area contributed by atoms with Gasteiger partial charge in [-0.15, -0.1) is 0 Å². The van der Waals surface area contributed by atoms with Gasteiger partial charge in [0.25, 0.3) is 5.88 Å². The van der Waals surface area contributed by atoms with Crippen molar-refractivity contribution in [2.24, 2.45) is 5.73 Å². The van der Waals surface area contributed by atoms with Gasteiger partial charge in [-0.3, -0.25) is 0 Å². The van der Waals surface area contributed by atoms with E-state index in [9.17, 15) is 0 Å². The number of nitrogens with two attached hydrogens (primary N) is 1. The highest BCUT2D eigenvalue weighted by Crippen LogP contribution is 2.31. The largest absolute Gasteiger partial charge is 0.470 e. The maximum absolute atomic E-state index is 6.06. The van der Waals surface area contributed by atoms with Gasteiger partial charge in [-0.2, -0.15) is 4.98 Å². The first-order valence-corrected chi connectivity index (χ1v) is 10.2. The third kappa shape index (κ3) is 5.06. The smallest absolute Gasteiger partial charge is 0.263 e. The average molecular weight is 406 g/mol. The lowest BCUT2D eigenvalue weighted by Crippen LogP contribution is -2.45. The van der Waals surface area contributed by atoms with Crippen molar-refractivity contribution in [2.45, 2.75) is 13.2 Å². The first-order chi connectivity index (χ1) is 14.7. The Labute approximate surface area is 177 Å². The molecule has 0 atom stereocenters. The second-order valence-corrected chi connectivity index (χ2v) is 7.35. The van der Waals surface area contributed by atoms with Gasteiger partial charge in [0.1, 0.15) is 12.4 Å². The van der Waals surface area contributed by atoms with E-state index < -0.39 is 0 Å². The lowest BCUT2D eigenvalue weighted by molar-refractivity contribution is 0.276. The molecule has 7 nitrogen and oxygen atoms in total. The van der Waals surface area contributed by atoms with Crippen LogP contribution in [0.1, 0.15) is 11.1 Å². The summed E-state index contributed by atoms with van der Waals surface area (Å²) in [6.45, 7) is 4.63. The van der Waals surface area contributed by atoms with E-state index in [2.05, 4.69) is 21.8 Å². The van der Waals surface area contributed by atoms with Crippen LogP contribution >= 0.6 is 0 Å². The number of rotatable bonds is 7. The van der Waals surface area contributed by atoms with Crippen molar-refractivity contribution in [2.75, 3.05) is 38.1 Å². The maximum atomic E-state index is 6.06. The minimum absolute atomic E-state index is 0.405. The summed E-state index contributed by atoms with van der Waals surface area (Å²) in [5.41, 5.74) is 7.79. The SMILES string of the molecule is CN1CCN(c2ncc(Oc3ccc(CN)cc3)c(OCc3ccccc3)n2)CC1. The molecule has 1 aliphatic rings. The molecule has 2 aromatic carbocycles. The van der Waals surface area contributed by atoms with E-state index in [0.29, 0.717) is 36.5 Å². The molecule has 1 fully saturated rings. The summed E-state index contributed by atoms with van der Waals surface area (Å²) >= 11 is 0. The number of ether oxygens (including phenoxy) is 2. The van der Waals surface area contributed by atoms with Gasteiger partial charge >= 0.3 is 0 Å². The second-order valence-electron chi connectivity index (χ2n) is 7.35. The third-order valence-electron chi connectivity index (χ3n) is 5.10. The topological polar surface area (TPSA) is 76.7 Å². The number of benzene rings is 2. The molecule has 0 aliphatic carbocycles. The molecule has 2 N–H and O–H groups in total. The molecule has 0 bridgehead atoms. The second kappa shape index (κ2) is 9.56. The Kier molecular flexibility index (Phi) is 6.41. The standard InChI is InChI=1S/C23H27N5O2/c1-27-11-13-28(14-12-27)23-25-16-21(30-20-9-7-18(15-24)8-10-20)22(26-23)29-17-19-5-3-2-4-6-19/h2-10,16H,11-15,17,24H2,1H3. The molecule has 1 aliphatic heterocycles. The summed E-state index contributed by atoms with van der Waals surface area (Å²) < 4.78 is 12.1. The van der Waals surface area contributed by atoms with Crippen molar-refractivity contribution >= 4 is 5.95 Å². The van der Waals surface area contributed by atoms with Crippen LogP contribution in [0.2, 0.25) is 0 Å². The van der Waals surface area contributed by atoms with Gasteiger partial charge in [0.05, 0.1) is 6.20 Å². The molecule has 0 amide bonds. The molecule has 1 saturated heterocycles. The predicted octanol–water partition coefficient (Wildman–Crippen LogP) is 3.06. The Bertz CT molecular complexity index is 942. The highest BCUT2D eigenvalue weighted by Gasteiger charge is 2.19. The average Bonchev–Trinajstić information content (AvgIpc) is 2.80. The van der Waals surface area contributed by atoms with Crippen LogP contribution in [-0.4, -0.2) is 48.1 Å². The lowest BCUT2D eigenvalue weighted by Gasteiger charge is -2.32. The van der Waals surface area contributed by atoms with E-state index in [0.717, 1.165) is 37.3 Å². The number of anilines is 1. The van der Waals surface area contributed by atoms with Crippen LogP contribution in [-0.2, 0) is 13.2 Å². The molecule has 0 radical (unpaired) electrons. The Morgan fingerprint density at radius 3 is 2.37 bits per heavy atom. The molecular weight excluding hydrogens is 378 g/mol. The normalized spacial score (nSPS) is 14.5. The summed E-state index contributed by atoms with van der Waals surface area (Å²) in [7, 11) is 2.12. The molecule has 30 heavy (non-hydrogen) atoms. The van der Waals surface area contributed by atoms with Crippen molar-refractivity contribution in [1.82, 2.24) is 14.9 Å². The van der Waals surface area contributed by atoms with E-state index in [1.54, 1.807) is 6.20 Å². The highest BCUT2D eigenvalue weighted by molar-refractivity contribution is 5.43. The van der Waals surface area contributed by atoms with E-state index in [1.165, 1.54) is 0 Å². The van der Waals surface area contributed by atoms with E-state index in [-0.39, 0.29) is 0 Å². The van der Waals surface area contributed by atoms with E-state index >= 15 is 0 Å². The fourth-order valence-corrected chi connectivity index (χ4v) is 3.23. The monoisotopic (exact) mass is 405 g/mol. The minimum atomic E-state index is 0.405. The van der Waals surface area contributed by atoms with Crippen molar-refractivity contribution in [1.29, 1.82) is 0 Å². The van der Waals surface area contributed by atoms with Crippen molar-refractivity contribution in [3.05, 3.63) is 71.9 Å². The Hall–Kier alpha value is -3.16. The highest BCUT2D eigenvalue weighted by atomic mass is 16.5. The number of aromatic nitrogens is 2. The van der Waals surface area contributed by atoms with Crippen LogP contribution in [0.15, 0.2) is 60.8 Å². The summed E-state index contributed by atoms with van der Waals surface area (Å²) in [6.07, 6.45) is 1.69. The van der Waals surface area contributed by atoms with Gasteiger partial charge < -0.3 is 25.0 Å². The van der Waals surface area contributed by atoms with Gasteiger partial charge in [-0.1, -0.05) is 42.5 Å². The van der Waals surface area contributed by atoms with Crippen LogP contribution < -0.4 is 20.1 Å². The number of piperazine rings is 1. The summed E-state index contributed by atoms with van der Waals surface area (Å²) in [5.74, 6) is 2.28. The fourth-order valence-electron chi connectivity index (χ4n) is 3.23. The zero-order valence-electron chi connectivity index (χ0n) is 17.2. The van der Waals surface area contributed by atoms with Crippen LogP contribution in [0.4, 0.5) is 5.95 Å². The first-order valence-electron chi connectivity index (χ1n) is 10.2. The number of hydrogen-bond donors (Lipinski definition) is 1. The predicted molar refractivity (Wildman–Crippen MR) is 117 cm³/mol. The molecule has 2 heterocycles. The summed E-state index contributed by atoms with van der Waals surface area (Å²) in [4.78, 5) is 13.7. The van der Waals surface area contributed by atoms with E-state index in [4.69, 9.17) is 20.2 Å². The van der Waals surface area contributed by atoms with Crippen molar-refractivity contribution in [3.8, 4) is 17.4 Å². The molecule has 0 unspecified atom stereocenters. The Balaban J connectivity index is 1.56. The van der Waals surface area contributed by atoms with Crippen molar-refractivity contribution in [3.63, 3.8) is 0 Å². The molecule has 3 aromatic rings. The zero-order chi connectivity index (χ0) is 20.8. The van der Waals surface area contributed by atoms with Gasteiger partial charge in [0.2, 0.25) is 11.7 Å². The Morgan fingerprint density at radius 2 is 1.67 bits per heavy atom. The van der Waals surface area contributed by atoms with Crippen LogP contribution in [0.5, 0.6) is 17.4 Å². The zero-order valence-corrected chi connectivity index (χ0v) is 17.2. The number of likely N-dealkylation sites (N-methyl/N-ethyl adjacent to an activating group) is 1. The summed E-state index contributed by atoms with van der Waals surface area (Å²) in [6, 6.07) is 17.7. The fraction of sp³-hybridized carbons (Fsp3) is 0.304. The quantitative estimate of drug-likeness (QED) is 0.647. The van der Waals surface area contributed by atoms with E-state index in [1.807, 2.05) is 54.6 Å².